The molecular weight excluding hydrogens is 288 g/mol. The number of hydrogen-bond acceptors (Lipinski definition) is 6. The van der Waals surface area contributed by atoms with E-state index in [2.05, 4.69) is 15.3 Å². The number of aromatic nitrogens is 4. The fourth-order valence-electron chi connectivity index (χ4n) is 2.91. The van der Waals surface area contributed by atoms with Crippen LogP contribution < -0.4 is 0 Å². The Morgan fingerprint density at radius 2 is 1.76 bits per heavy atom. The minimum absolute atomic E-state index is 0.0204. The van der Waals surface area contributed by atoms with Crippen LogP contribution in [-0.2, 0) is 0 Å². The quantitative estimate of drug-likeness (QED) is 0.760. The second kappa shape index (κ2) is 4.70. The average Bonchev–Trinajstić information content (AvgIpc) is 3.13. The molecule has 7 heteroatoms. The molecule has 21 heavy (non-hydrogen) atoms. The molecule has 0 spiro atoms. The lowest BCUT2D eigenvalue weighted by Crippen LogP contribution is -2.01. The smallest absolute Gasteiger partial charge is 0.234 e. The van der Waals surface area contributed by atoms with Crippen LogP contribution in [-0.4, -0.2) is 30.0 Å². The summed E-state index contributed by atoms with van der Waals surface area (Å²) in [6, 6.07) is 4.47. The van der Waals surface area contributed by atoms with Gasteiger partial charge in [0.2, 0.25) is 4.96 Å². The molecule has 2 heterocycles. The van der Waals surface area contributed by atoms with Crippen molar-refractivity contribution in [1.29, 1.82) is 0 Å². The predicted octanol–water partition coefficient (Wildman–Crippen LogP) is 2.92. The molecule has 0 aliphatic heterocycles. The molecule has 1 saturated carbocycles. The van der Waals surface area contributed by atoms with Crippen LogP contribution in [0.3, 0.4) is 0 Å². The third-order valence-corrected chi connectivity index (χ3v) is 4.83. The van der Waals surface area contributed by atoms with E-state index >= 15 is 0 Å². The summed E-state index contributed by atoms with van der Waals surface area (Å²) in [5.74, 6) is 1.40. The van der Waals surface area contributed by atoms with E-state index in [4.69, 9.17) is 0 Å². The van der Waals surface area contributed by atoms with Crippen molar-refractivity contribution in [3.8, 4) is 22.1 Å². The van der Waals surface area contributed by atoms with Gasteiger partial charge in [0.15, 0.2) is 5.82 Å². The average molecular weight is 302 g/mol. The van der Waals surface area contributed by atoms with Gasteiger partial charge in [0.25, 0.3) is 0 Å². The molecule has 108 valence electrons. The Hall–Kier alpha value is -2.15. The van der Waals surface area contributed by atoms with Gasteiger partial charge in [0.1, 0.15) is 16.5 Å². The Morgan fingerprint density at radius 3 is 2.48 bits per heavy atom. The molecular formula is C14H14N4O2S. The van der Waals surface area contributed by atoms with E-state index in [0.29, 0.717) is 16.5 Å². The van der Waals surface area contributed by atoms with Crippen molar-refractivity contribution in [3.05, 3.63) is 24.0 Å². The molecule has 0 saturated heterocycles. The molecule has 0 atom stereocenters. The standard InChI is InChI=1S/C14H14N4O2S/c19-10-5-9(6-11(20)7-10)13-17-18-12(8-3-1-2-4-8)15-16-14(18)21-13/h5-8,19-20H,1-4H2. The number of fused-ring (bicyclic) bond motifs is 1. The van der Waals surface area contributed by atoms with E-state index in [9.17, 15) is 10.2 Å². The third kappa shape index (κ3) is 2.13. The van der Waals surface area contributed by atoms with Crippen molar-refractivity contribution in [2.75, 3.05) is 0 Å². The molecule has 2 N–H and O–H groups in total. The summed E-state index contributed by atoms with van der Waals surface area (Å²) in [5.41, 5.74) is 0.681. The summed E-state index contributed by atoms with van der Waals surface area (Å²) >= 11 is 1.40. The zero-order chi connectivity index (χ0) is 14.4. The maximum Gasteiger partial charge on any atom is 0.234 e. The van der Waals surface area contributed by atoms with Crippen molar-refractivity contribution in [2.45, 2.75) is 31.6 Å². The second-order valence-corrected chi connectivity index (χ2v) is 6.34. The summed E-state index contributed by atoms with van der Waals surface area (Å²) in [7, 11) is 0. The number of nitrogens with zero attached hydrogens (tertiary/aromatic N) is 4. The fraction of sp³-hybridized carbons (Fsp3) is 0.357. The molecule has 6 nitrogen and oxygen atoms in total. The number of rotatable bonds is 2. The monoisotopic (exact) mass is 302 g/mol. The highest BCUT2D eigenvalue weighted by Crippen LogP contribution is 2.35. The molecule has 0 amide bonds. The topological polar surface area (TPSA) is 83.5 Å². The SMILES string of the molecule is Oc1cc(O)cc(-c2nn3c(C4CCCC4)nnc3s2)c1. The second-order valence-electron chi connectivity index (χ2n) is 5.38. The van der Waals surface area contributed by atoms with E-state index in [1.54, 1.807) is 16.6 Å². The molecule has 1 aliphatic rings. The maximum atomic E-state index is 9.59. The first-order chi connectivity index (χ1) is 10.2. The Labute approximate surface area is 124 Å². The minimum Gasteiger partial charge on any atom is -0.508 e. The fourth-order valence-corrected chi connectivity index (χ4v) is 3.74. The van der Waals surface area contributed by atoms with Gasteiger partial charge in [-0.1, -0.05) is 24.2 Å². The molecule has 0 unspecified atom stereocenters. The number of benzene rings is 1. The number of aromatic hydroxyl groups is 2. The Bertz CT molecular complexity index is 784. The van der Waals surface area contributed by atoms with Crippen molar-refractivity contribution < 1.29 is 10.2 Å². The first kappa shape index (κ1) is 12.6. The molecule has 4 rings (SSSR count). The molecule has 1 fully saturated rings. The van der Waals surface area contributed by atoms with E-state index in [1.807, 2.05) is 0 Å². The third-order valence-electron chi connectivity index (χ3n) is 3.88. The van der Waals surface area contributed by atoms with E-state index < -0.39 is 0 Å². The Balaban J connectivity index is 1.80. The minimum atomic E-state index is 0.0204. The van der Waals surface area contributed by atoms with Gasteiger partial charge in [0, 0.05) is 17.5 Å². The van der Waals surface area contributed by atoms with Crippen LogP contribution in [0.15, 0.2) is 18.2 Å². The molecule has 1 aliphatic carbocycles. The van der Waals surface area contributed by atoms with Gasteiger partial charge in [-0.3, -0.25) is 0 Å². The van der Waals surface area contributed by atoms with Crippen molar-refractivity contribution in [1.82, 2.24) is 19.8 Å². The van der Waals surface area contributed by atoms with Crippen molar-refractivity contribution in [2.24, 2.45) is 0 Å². The maximum absolute atomic E-state index is 9.59. The van der Waals surface area contributed by atoms with Crippen LogP contribution in [0, 0.1) is 0 Å². The van der Waals surface area contributed by atoms with E-state index in [0.717, 1.165) is 23.6 Å². The van der Waals surface area contributed by atoms with Gasteiger partial charge in [-0.25, -0.2) is 0 Å². The largest absolute Gasteiger partial charge is 0.508 e. The highest BCUT2D eigenvalue weighted by atomic mass is 32.1. The van der Waals surface area contributed by atoms with Gasteiger partial charge in [0.05, 0.1) is 0 Å². The summed E-state index contributed by atoms with van der Waals surface area (Å²) in [5, 5.41) is 32.9. The zero-order valence-corrected chi connectivity index (χ0v) is 12.0. The first-order valence-corrected chi connectivity index (χ1v) is 7.78. The van der Waals surface area contributed by atoms with Crippen LogP contribution in [0.5, 0.6) is 11.5 Å². The zero-order valence-electron chi connectivity index (χ0n) is 11.2. The van der Waals surface area contributed by atoms with E-state index in [1.165, 1.54) is 30.2 Å². The number of phenols is 2. The molecule has 1 aromatic carbocycles. The van der Waals surface area contributed by atoms with Crippen LogP contribution in [0.25, 0.3) is 15.5 Å². The molecule has 0 bridgehead atoms. The lowest BCUT2D eigenvalue weighted by atomic mass is 10.1. The molecule has 2 aromatic heterocycles. The Morgan fingerprint density at radius 1 is 1.05 bits per heavy atom. The highest BCUT2D eigenvalue weighted by molar-refractivity contribution is 7.19. The van der Waals surface area contributed by atoms with Gasteiger partial charge >= 0.3 is 0 Å². The van der Waals surface area contributed by atoms with Gasteiger partial charge in [-0.15, -0.1) is 10.2 Å². The lowest BCUT2D eigenvalue weighted by molar-refractivity contribution is 0.451. The molecule has 0 radical (unpaired) electrons. The number of phenolic OH excluding ortho intramolecular Hbond substituents is 2. The lowest BCUT2D eigenvalue weighted by Gasteiger charge is -2.03. The highest BCUT2D eigenvalue weighted by Gasteiger charge is 2.24. The Kier molecular flexibility index (Phi) is 2.81. The van der Waals surface area contributed by atoms with Crippen LogP contribution in [0.2, 0.25) is 0 Å². The summed E-state index contributed by atoms with van der Waals surface area (Å²) in [4.78, 5) is 0.745. The number of hydrogen-bond donors (Lipinski definition) is 2. The van der Waals surface area contributed by atoms with Crippen molar-refractivity contribution >= 4 is 16.3 Å². The van der Waals surface area contributed by atoms with Crippen LogP contribution in [0.4, 0.5) is 0 Å². The summed E-state index contributed by atoms with van der Waals surface area (Å²) < 4.78 is 1.80. The van der Waals surface area contributed by atoms with Crippen molar-refractivity contribution in [3.63, 3.8) is 0 Å². The predicted molar refractivity (Wildman–Crippen MR) is 78.6 cm³/mol. The summed E-state index contributed by atoms with van der Waals surface area (Å²) in [6.07, 6.45) is 4.75. The van der Waals surface area contributed by atoms with Gasteiger partial charge in [-0.05, 0) is 25.0 Å². The van der Waals surface area contributed by atoms with Gasteiger partial charge < -0.3 is 10.2 Å². The molecule has 3 aromatic rings. The van der Waals surface area contributed by atoms with E-state index in [-0.39, 0.29) is 11.5 Å². The van der Waals surface area contributed by atoms with Gasteiger partial charge in [-0.2, -0.15) is 9.61 Å². The van der Waals surface area contributed by atoms with Crippen LogP contribution >= 0.6 is 11.3 Å². The summed E-state index contributed by atoms with van der Waals surface area (Å²) in [6.45, 7) is 0. The van der Waals surface area contributed by atoms with Crippen LogP contribution in [0.1, 0.15) is 37.4 Å². The first-order valence-electron chi connectivity index (χ1n) is 6.96. The normalized spacial score (nSPS) is 16.0.